The lowest BCUT2D eigenvalue weighted by atomic mass is 10.2. The lowest BCUT2D eigenvalue weighted by Crippen LogP contribution is -2.45. The number of carboxylic acids is 1. The van der Waals surface area contributed by atoms with Gasteiger partial charge in [0.05, 0.1) is 4.92 Å². The molecule has 0 aliphatic carbocycles. The summed E-state index contributed by atoms with van der Waals surface area (Å²) in [5.41, 5.74) is 0.0134. The van der Waals surface area contributed by atoms with Crippen molar-refractivity contribution >= 4 is 52.1 Å². The van der Waals surface area contributed by atoms with Crippen LogP contribution >= 0.6 is 23.6 Å². The van der Waals surface area contributed by atoms with E-state index in [0.29, 0.717) is 3.95 Å². The second-order valence-corrected chi connectivity index (χ2v) is 6.17. The van der Waals surface area contributed by atoms with Gasteiger partial charge in [-0.25, -0.2) is 9.59 Å². The molecule has 0 spiro atoms. The van der Waals surface area contributed by atoms with Gasteiger partial charge in [0, 0.05) is 17.8 Å². The van der Waals surface area contributed by atoms with Crippen LogP contribution in [0.4, 0.5) is 21.3 Å². The third kappa shape index (κ3) is 3.91. The van der Waals surface area contributed by atoms with Crippen LogP contribution in [-0.4, -0.2) is 38.3 Å². The van der Waals surface area contributed by atoms with Crippen molar-refractivity contribution in [2.75, 3.05) is 10.2 Å². The minimum Gasteiger partial charge on any atom is -0.480 e. The van der Waals surface area contributed by atoms with Crippen LogP contribution in [0.3, 0.4) is 0 Å². The van der Waals surface area contributed by atoms with Gasteiger partial charge in [-0.05, 0) is 31.3 Å². The summed E-state index contributed by atoms with van der Waals surface area (Å²) in [5.74, 6) is -1.24. The molecule has 0 bridgehead atoms. The van der Waals surface area contributed by atoms with E-state index in [1.54, 1.807) is 0 Å². The van der Waals surface area contributed by atoms with Crippen molar-refractivity contribution in [3.05, 3.63) is 38.3 Å². The molecule has 1 atom stereocenters. The molecule has 0 aliphatic rings. The Balaban J connectivity index is 2.33. The first-order valence-electron chi connectivity index (χ1n) is 6.42. The van der Waals surface area contributed by atoms with E-state index < -0.39 is 23.0 Å². The topological polar surface area (TPSA) is 141 Å². The fourth-order valence-electron chi connectivity index (χ4n) is 1.80. The van der Waals surface area contributed by atoms with E-state index in [4.69, 9.17) is 12.2 Å². The van der Waals surface area contributed by atoms with Crippen molar-refractivity contribution in [1.82, 2.24) is 10.2 Å². The van der Waals surface area contributed by atoms with E-state index in [0.717, 1.165) is 16.2 Å². The molecule has 1 aromatic carbocycles. The normalized spacial score (nSPS) is 11.5. The SMILES string of the molecule is C[C@@H](C(=O)O)N(C(=O)Nc1n[nH]c(=S)s1)c1ccc([N+](=O)[O-])cc1. The first-order valence-corrected chi connectivity index (χ1v) is 7.65. The van der Waals surface area contributed by atoms with Crippen LogP contribution in [0.1, 0.15) is 6.92 Å². The van der Waals surface area contributed by atoms with Crippen LogP contribution in [0, 0.1) is 14.1 Å². The van der Waals surface area contributed by atoms with E-state index in [9.17, 15) is 24.8 Å². The molecule has 0 saturated heterocycles. The number of aromatic amines is 1. The van der Waals surface area contributed by atoms with Crippen molar-refractivity contribution < 1.29 is 19.6 Å². The Morgan fingerprint density at radius 1 is 1.46 bits per heavy atom. The molecule has 3 N–H and O–H groups in total. The Morgan fingerprint density at radius 2 is 2.08 bits per heavy atom. The second kappa shape index (κ2) is 7.14. The van der Waals surface area contributed by atoms with E-state index in [1.165, 1.54) is 31.2 Å². The molecule has 0 radical (unpaired) electrons. The number of H-pyrrole nitrogens is 1. The molecule has 12 heteroatoms. The largest absolute Gasteiger partial charge is 0.480 e. The smallest absolute Gasteiger partial charge is 0.328 e. The summed E-state index contributed by atoms with van der Waals surface area (Å²) in [6.07, 6.45) is 0. The molecule has 0 aliphatic heterocycles. The van der Waals surface area contributed by atoms with E-state index in [-0.39, 0.29) is 16.5 Å². The number of aliphatic carboxylic acids is 1. The summed E-state index contributed by atoms with van der Waals surface area (Å²) in [4.78, 5) is 34.8. The Bertz CT molecular complexity index is 831. The van der Waals surface area contributed by atoms with Crippen molar-refractivity contribution in [1.29, 1.82) is 0 Å². The maximum Gasteiger partial charge on any atom is 0.328 e. The quantitative estimate of drug-likeness (QED) is 0.418. The average molecular weight is 369 g/mol. The van der Waals surface area contributed by atoms with Crippen molar-refractivity contribution in [3.8, 4) is 0 Å². The maximum atomic E-state index is 12.4. The zero-order valence-corrected chi connectivity index (χ0v) is 13.8. The molecule has 0 saturated carbocycles. The number of nitrogens with one attached hydrogen (secondary N) is 2. The average Bonchev–Trinajstić information content (AvgIpc) is 2.92. The minimum absolute atomic E-state index is 0.174. The number of nitro groups is 1. The maximum absolute atomic E-state index is 12.4. The van der Waals surface area contributed by atoms with Gasteiger partial charge in [-0.1, -0.05) is 11.3 Å². The summed E-state index contributed by atoms with van der Waals surface area (Å²) < 4.78 is 0.346. The molecule has 126 valence electrons. The third-order valence-corrected chi connectivity index (χ3v) is 3.96. The van der Waals surface area contributed by atoms with Crippen LogP contribution in [0.5, 0.6) is 0 Å². The summed E-state index contributed by atoms with van der Waals surface area (Å²) in [5, 5.41) is 28.8. The Kier molecular flexibility index (Phi) is 5.21. The predicted molar refractivity (Wildman–Crippen MR) is 89.0 cm³/mol. The van der Waals surface area contributed by atoms with Crippen LogP contribution in [0.25, 0.3) is 0 Å². The number of carbonyl (C=O) groups is 2. The highest BCUT2D eigenvalue weighted by molar-refractivity contribution is 7.73. The number of rotatable bonds is 5. The molecule has 2 aromatic rings. The summed E-state index contributed by atoms with van der Waals surface area (Å²) in [7, 11) is 0. The number of anilines is 2. The Morgan fingerprint density at radius 3 is 2.54 bits per heavy atom. The molecule has 10 nitrogen and oxygen atoms in total. The van der Waals surface area contributed by atoms with Gasteiger partial charge in [0.2, 0.25) is 5.13 Å². The van der Waals surface area contributed by atoms with Crippen LogP contribution in [0.15, 0.2) is 24.3 Å². The monoisotopic (exact) mass is 369 g/mol. The van der Waals surface area contributed by atoms with Crippen molar-refractivity contribution in [2.24, 2.45) is 0 Å². The van der Waals surface area contributed by atoms with Crippen LogP contribution in [-0.2, 0) is 4.79 Å². The highest BCUT2D eigenvalue weighted by atomic mass is 32.1. The highest BCUT2D eigenvalue weighted by Gasteiger charge is 2.28. The Hall–Kier alpha value is -2.86. The number of aromatic nitrogens is 2. The lowest BCUT2D eigenvalue weighted by molar-refractivity contribution is -0.384. The number of amides is 2. The zero-order chi connectivity index (χ0) is 17.9. The van der Waals surface area contributed by atoms with Gasteiger partial charge in [-0.2, -0.15) is 0 Å². The van der Waals surface area contributed by atoms with E-state index in [1.807, 2.05) is 0 Å². The van der Waals surface area contributed by atoms with Crippen molar-refractivity contribution in [2.45, 2.75) is 13.0 Å². The molecule has 1 heterocycles. The standard InChI is InChI=1S/C12H11N5O5S2/c1-6(9(18)19)16(7-2-4-8(5-3-7)17(21)22)11(20)13-10-14-15-12(23)24-10/h2-6H,1H3,(H,15,23)(H,18,19)(H,13,14,20)/t6-/m0/s1. The molecular weight excluding hydrogens is 358 g/mol. The molecule has 0 fully saturated rings. The molecule has 2 amide bonds. The first kappa shape index (κ1) is 17.5. The molecule has 0 unspecified atom stereocenters. The van der Waals surface area contributed by atoms with Crippen molar-refractivity contribution in [3.63, 3.8) is 0 Å². The predicted octanol–water partition coefficient (Wildman–Crippen LogP) is 2.62. The number of hydrogen-bond acceptors (Lipinski definition) is 7. The van der Waals surface area contributed by atoms with Gasteiger partial charge in [-0.3, -0.25) is 25.4 Å². The summed E-state index contributed by atoms with van der Waals surface area (Å²) in [6.45, 7) is 1.32. The van der Waals surface area contributed by atoms with Gasteiger partial charge in [-0.15, -0.1) is 5.10 Å². The fourth-order valence-corrected chi connectivity index (χ4v) is 2.58. The van der Waals surface area contributed by atoms with Gasteiger partial charge >= 0.3 is 12.0 Å². The van der Waals surface area contributed by atoms with Crippen LogP contribution in [0.2, 0.25) is 0 Å². The van der Waals surface area contributed by atoms with E-state index >= 15 is 0 Å². The number of hydrogen-bond donors (Lipinski definition) is 3. The van der Waals surface area contributed by atoms with Crippen LogP contribution < -0.4 is 10.2 Å². The number of benzene rings is 1. The number of carboxylic acid groups (broad SMARTS) is 1. The zero-order valence-electron chi connectivity index (χ0n) is 12.1. The minimum atomic E-state index is -1.24. The number of urea groups is 1. The number of nitro benzene ring substituents is 1. The molecule has 2 rings (SSSR count). The number of non-ortho nitro benzene ring substituents is 1. The van der Waals surface area contributed by atoms with Gasteiger partial charge in [0.15, 0.2) is 3.95 Å². The Labute approximate surface area is 143 Å². The first-order chi connectivity index (χ1) is 11.3. The number of nitrogens with zero attached hydrogens (tertiary/aromatic N) is 3. The number of carbonyl (C=O) groups excluding carboxylic acids is 1. The second-order valence-electron chi connectivity index (χ2n) is 4.51. The highest BCUT2D eigenvalue weighted by Crippen LogP contribution is 2.23. The molecule has 24 heavy (non-hydrogen) atoms. The summed E-state index contributed by atoms with van der Waals surface area (Å²) in [6, 6.07) is 2.99. The van der Waals surface area contributed by atoms with Gasteiger partial charge in [0.25, 0.3) is 5.69 Å². The van der Waals surface area contributed by atoms with E-state index in [2.05, 4.69) is 15.5 Å². The molecular formula is C12H11N5O5S2. The van der Waals surface area contributed by atoms with Gasteiger partial charge < -0.3 is 5.11 Å². The third-order valence-electron chi connectivity index (χ3n) is 2.95. The fraction of sp³-hybridized carbons (Fsp3) is 0.167. The van der Waals surface area contributed by atoms with Gasteiger partial charge in [0.1, 0.15) is 6.04 Å². The lowest BCUT2D eigenvalue weighted by Gasteiger charge is -2.26. The molecule has 1 aromatic heterocycles. The summed E-state index contributed by atoms with van der Waals surface area (Å²) >= 11 is 5.86.